The van der Waals surface area contributed by atoms with Crippen LogP contribution in [-0.4, -0.2) is 37.4 Å². The number of hydrogen-bond donors (Lipinski definition) is 1. The number of rotatable bonds is 8. The first-order valence-electron chi connectivity index (χ1n) is 11.9. The predicted molar refractivity (Wildman–Crippen MR) is 140 cm³/mol. The molecule has 0 saturated heterocycles. The Bertz CT molecular complexity index is 1510. The molecule has 0 amide bonds. The molecule has 0 aliphatic heterocycles. The predicted octanol–water partition coefficient (Wildman–Crippen LogP) is 4.35. The molecule has 0 aliphatic rings. The number of aliphatic hydroxyl groups excluding tert-OH is 1. The molecule has 1 atom stereocenters. The van der Waals surface area contributed by atoms with Crippen LogP contribution in [0.25, 0.3) is 16.6 Å². The molecule has 2 aromatic heterocycles. The van der Waals surface area contributed by atoms with Crippen LogP contribution >= 0.6 is 0 Å². The lowest BCUT2D eigenvalue weighted by atomic mass is 9.78. The van der Waals surface area contributed by atoms with Gasteiger partial charge in [-0.1, -0.05) is 74.5 Å². The van der Waals surface area contributed by atoms with Crippen LogP contribution < -0.4 is 10.3 Å². The third-order valence-electron chi connectivity index (χ3n) is 6.43. The lowest BCUT2D eigenvalue weighted by Crippen LogP contribution is -2.32. The van der Waals surface area contributed by atoms with Crippen LogP contribution in [0.15, 0.2) is 102 Å². The lowest BCUT2D eigenvalue weighted by Gasteiger charge is -2.26. The highest BCUT2D eigenvalue weighted by molar-refractivity contribution is 5.76. The van der Waals surface area contributed by atoms with Gasteiger partial charge in [-0.15, -0.1) is 0 Å². The van der Waals surface area contributed by atoms with Gasteiger partial charge in [-0.3, -0.25) is 4.79 Å². The van der Waals surface area contributed by atoms with Gasteiger partial charge in [0.2, 0.25) is 0 Å². The number of fused-ring (bicyclic) bond motifs is 1. The molecule has 5 aromatic rings. The minimum absolute atomic E-state index is 0.00604. The average Bonchev–Trinajstić information content (AvgIpc) is 3.36. The van der Waals surface area contributed by atoms with Crippen LogP contribution in [0.4, 0.5) is 0 Å². The summed E-state index contributed by atoms with van der Waals surface area (Å²) in [4.78, 5) is 12.9. The summed E-state index contributed by atoms with van der Waals surface area (Å²) in [6.45, 7) is 4.41. The van der Waals surface area contributed by atoms with E-state index in [9.17, 15) is 9.90 Å². The molecule has 0 aliphatic carbocycles. The van der Waals surface area contributed by atoms with Crippen LogP contribution in [0, 0.1) is 0 Å². The van der Waals surface area contributed by atoms with E-state index in [2.05, 4.69) is 36.2 Å². The molecule has 1 N–H and O–H groups in total. The zero-order chi connectivity index (χ0) is 25.1. The third-order valence-corrected chi connectivity index (χ3v) is 6.43. The summed E-state index contributed by atoms with van der Waals surface area (Å²) in [5.41, 5.74) is 3.06. The van der Waals surface area contributed by atoms with Gasteiger partial charge in [-0.2, -0.15) is 10.2 Å². The molecule has 2 heterocycles. The van der Waals surface area contributed by atoms with Crippen molar-refractivity contribution in [1.29, 1.82) is 0 Å². The average molecular weight is 481 g/mol. The lowest BCUT2D eigenvalue weighted by molar-refractivity contribution is 0.0881. The fraction of sp³-hybridized carbons (Fsp3) is 0.207. The number of nitrogens with zero attached hydrogens (tertiary/aromatic N) is 4. The maximum absolute atomic E-state index is 12.9. The third kappa shape index (κ3) is 4.78. The summed E-state index contributed by atoms with van der Waals surface area (Å²) in [6.07, 6.45) is 2.44. The standard InChI is InChI=1S/C29H28N4O3/c1-29(2,22-9-5-3-6-10-22)23-13-15-26(16-14-23)36-20-25(34)19-33-28(35)27-21(17-30-33)18-32(31-27)24-11-7-4-8-12-24/h3-18,25,34H,19-20H2,1-2H3. The van der Waals surface area contributed by atoms with Gasteiger partial charge in [0.05, 0.1) is 18.4 Å². The van der Waals surface area contributed by atoms with Crippen molar-refractivity contribution in [3.63, 3.8) is 0 Å². The van der Waals surface area contributed by atoms with Crippen LogP contribution in [-0.2, 0) is 12.0 Å². The number of benzene rings is 3. The van der Waals surface area contributed by atoms with Gasteiger partial charge in [0.1, 0.15) is 18.5 Å². The van der Waals surface area contributed by atoms with E-state index in [1.165, 1.54) is 15.8 Å². The first kappa shape index (κ1) is 23.5. The highest BCUT2D eigenvalue weighted by Gasteiger charge is 2.22. The number of aromatic nitrogens is 4. The van der Waals surface area contributed by atoms with Crippen molar-refractivity contribution in [3.8, 4) is 11.4 Å². The molecular formula is C29H28N4O3. The fourth-order valence-electron chi connectivity index (χ4n) is 4.23. The largest absolute Gasteiger partial charge is 0.491 e. The maximum Gasteiger partial charge on any atom is 0.295 e. The highest BCUT2D eigenvalue weighted by Crippen LogP contribution is 2.32. The Morgan fingerprint density at radius 1 is 0.917 bits per heavy atom. The minimum atomic E-state index is -0.913. The molecule has 5 rings (SSSR count). The van der Waals surface area contributed by atoms with Crippen molar-refractivity contribution in [2.45, 2.75) is 31.9 Å². The summed E-state index contributed by atoms with van der Waals surface area (Å²) in [5.74, 6) is 0.652. The molecule has 0 bridgehead atoms. The van der Waals surface area contributed by atoms with Crippen molar-refractivity contribution in [2.24, 2.45) is 0 Å². The summed E-state index contributed by atoms with van der Waals surface area (Å²) in [7, 11) is 0. The molecule has 36 heavy (non-hydrogen) atoms. The Labute approximate surface area is 209 Å². The topological polar surface area (TPSA) is 82.2 Å². The maximum atomic E-state index is 12.9. The second-order valence-corrected chi connectivity index (χ2v) is 9.33. The van der Waals surface area contributed by atoms with Crippen LogP contribution in [0.3, 0.4) is 0 Å². The monoisotopic (exact) mass is 480 g/mol. The first-order chi connectivity index (χ1) is 17.4. The molecule has 182 valence electrons. The van der Waals surface area contributed by atoms with E-state index in [-0.39, 0.29) is 24.1 Å². The van der Waals surface area contributed by atoms with E-state index in [4.69, 9.17) is 4.74 Å². The molecule has 7 heteroatoms. The van der Waals surface area contributed by atoms with E-state index in [1.807, 2.05) is 72.8 Å². The molecule has 0 saturated carbocycles. The van der Waals surface area contributed by atoms with Crippen LogP contribution in [0.2, 0.25) is 0 Å². The van der Waals surface area contributed by atoms with E-state index in [0.717, 1.165) is 5.69 Å². The van der Waals surface area contributed by atoms with Crippen LogP contribution in [0.1, 0.15) is 25.0 Å². The number of aliphatic hydroxyl groups is 1. The highest BCUT2D eigenvalue weighted by atomic mass is 16.5. The Kier molecular flexibility index (Phi) is 6.40. The summed E-state index contributed by atoms with van der Waals surface area (Å²) >= 11 is 0. The quantitative estimate of drug-likeness (QED) is 0.357. The second-order valence-electron chi connectivity index (χ2n) is 9.33. The van der Waals surface area contributed by atoms with Crippen molar-refractivity contribution >= 4 is 10.9 Å². The molecule has 0 radical (unpaired) electrons. The van der Waals surface area contributed by atoms with E-state index in [0.29, 0.717) is 16.7 Å². The van der Waals surface area contributed by atoms with Gasteiger partial charge < -0.3 is 9.84 Å². The van der Waals surface area contributed by atoms with Gasteiger partial charge in [-0.05, 0) is 35.4 Å². The Morgan fingerprint density at radius 2 is 1.56 bits per heavy atom. The minimum Gasteiger partial charge on any atom is -0.491 e. The Morgan fingerprint density at radius 3 is 2.25 bits per heavy atom. The van der Waals surface area contributed by atoms with Gasteiger partial charge in [-0.25, -0.2) is 9.36 Å². The van der Waals surface area contributed by atoms with E-state index in [1.54, 1.807) is 17.1 Å². The summed E-state index contributed by atoms with van der Waals surface area (Å²) in [5, 5.41) is 19.8. The zero-order valence-electron chi connectivity index (χ0n) is 20.3. The normalized spacial score (nSPS) is 12.5. The molecule has 0 spiro atoms. The fourth-order valence-corrected chi connectivity index (χ4v) is 4.23. The molecular weight excluding hydrogens is 452 g/mol. The number of ether oxygens (including phenoxy) is 1. The molecule has 7 nitrogen and oxygen atoms in total. The summed E-state index contributed by atoms with van der Waals surface area (Å²) < 4.78 is 8.67. The second kappa shape index (κ2) is 9.79. The smallest absolute Gasteiger partial charge is 0.295 e. The van der Waals surface area contributed by atoms with Gasteiger partial charge in [0.15, 0.2) is 5.52 Å². The van der Waals surface area contributed by atoms with E-state index >= 15 is 0 Å². The number of para-hydroxylation sites is 1. The van der Waals surface area contributed by atoms with E-state index < -0.39 is 6.10 Å². The van der Waals surface area contributed by atoms with Crippen molar-refractivity contribution in [2.75, 3.05) is 6.61 Å². The molecule has 3 aromatic carbocycles. The van der Waals surface area contributed by atoms with Crippen molar-refractivity contribution in [3.05, 3.63) is 119 Å². The van der Waals surface area contributed by atoms with Crippen molar-refractivity contribution < 1.29 is 9.84 Å². The SMILES string of the molecule is CC(C)(c1ccccc1)c1ccc(OCC(O)Cn2ncc3cn(-c4ccccc4)nc3c2=O)cc1. The summed E-state index contributed by atoms with van der Waals surface area (Å²) in [6, 6.07) is 27.8. The van der Waals surface area contributed by atoms with Gasteiger partial charge in [0.25, 0.3) is 5.56 Å². The first-order valence-corrected chi connectivity index (χ1v) is 11.9. The zero-order valence-corrected chi connectivity index (χ0v) is 20.3. The Hall–Kier alpha value is -4.23. The van der Waals surface area contributed by atoms with Crippen molar-refractivity contribution in [1.82, 2.24) is 19.6 Å². The number of hydrogen-bond acceptors (Lipinski definition) is 5. The van der Waals surface area contributed by atoms with Gasteiger partial charge in [0, 0.05) is 17.0 Å². The molecule has 0 fully saturated rings. The molecule has 1 unspecified atom stereocenters. The Balaban J connectivity index is 1.24. The van der Waals surface area contributed by atoms with Gasteiger partial charge >= 0.3 is 0 Å². The van der Waals surface area contributed by atoms with Crippen LogP contribution in [0.5, 0.6) is 5.75 Å².